The van der Waals surface area contributed by atoms with Gasteiger partial charge in [0.05, 0.1) is 11.9 Å². The fourth-order valence-corrected chi connectivity index (χ4v) is 2.67. The number of nitrogens with zero attached hydrogens (tertiary/aromatic N) is 3. The Morgan fingerprint density at radius 2 is 1.96 bits per heavy atom. The number of aromatic nitrogens is 2. The lowest BCUT2D eigenvalue weighted by Gasteiger charge is -2.19. The smallest absolute Gasteiger partial charge is 0.274 e. The van der Waals surface area contributed by atoms with Crippen molar-refractivity contribution in [2.24, 2.45) is 0 Å². The molecule has 1 N–H and O–H groups in total. The molecule has 0 fully saturated rings. The van der Waals surface area contributed by atoms with Crippen LogP contribution in [-0.4, -0.2) is 29.5 Å². The van der Waals surface area contributed by atoms with Crippen LogP contribution in [0.2, 0.25) is 5.02 Å². The van der Waals surface area contributed by atoms with Crippen LogP contribution in [0.15, 0.2) is 67.1 Å². The minimum Gasteiger partial charge on any atom is -0.373 e. The third kappa shape index (κ3) is 4.80. The van der Waals surface area contributed by atoms with Crippen molar-refractivity contribution in [3.05, 3.63) is 83.4 Å². The number of amides is 1. The van der Waals surface area contributed by atoms with Crippen molar-refractivity contribution in [3.8, 4) is 0 Å². The second-order valence-electron chi connectivity index (χ2n) is 5.89. The molecule has 5 nitrogen and oxygen atoms in total. The van der Waals surface area contributed by atoms with Crippen molar-refractivity contribution in [2.75, 3.05) is 23.8 Å². The van der Waals surface area contributed by atoms with Crippen LogP contribution in [0.25, 0.3) is 0 Å². The van der Waals surface area contributed by atoms with E-state index in [2.05, 4.69) is 20.2 Å². The monoisotopic (exact) mass is 366 g/mol. The van der Waals surface area contributed by atoms with Crippen LogP contribution in [0, 0.1) is 0 Å². The topological polar surface area (TPSA) is 58.1 Å². The lowest BCUT2D eigenvalue weighted by Crippen LogP contribution is -2.21. The number of nitrogens with one attached hydrogen (secondary N) is 1. The molecule has 0 bridgehead atoms. The van der Waals surface area contributed by atoms with Gasteiger partial charge in [0.2, 0.25) is 0 Å². The summed E-state index contributed by atoms with van der Waals surface area (Å²) in [5.74, 6) is -0.266. The minimum atomic E-state index is -0.266. The maximum Gasteiger partial charge on any atom is 0.274 e. The number of anilines is 2. The van der Waals surface area contributed by atoms with E-state index in [0.717, 1.165) is 18.7 Å². The average Bonchev–Trinajstić information content (AvgIpc) is 2.67. The summed E-state index contributed by atoms with van der Waals surface area (Å²) in [6, 6.07) is 14.7. The molecule has 6 heteroatoms. The molecule has 0 unspecified atom stereocenters. The van der Waals surface area contributed by atoms with E-state index >= 15 is 0 Å². The van der Waals surface area contributed by atoms with Gasteiger partial charge in [0.15, 0.2) is 0 Å². The summed E-state index contributed by atoms with van der Waals surface area (Å²) in [5.41, 5.74) is 3.19. The first kappa shape index (κ1) is 17.9. The van der Waals surface area contributed by atoms with Gasteiger partial charge in [-0.15, -0.1) is 0 Å². The third-order valence-corrected chi connectivity index (χ3v) is 4.22. The van der Waals surface area contributed by atoms with Crippen LogP contribution in [-0.2, 0) is 6.42 Å². The van der Waals surface area contributed by atoms with Gasteiger partial charge in [-0.3, -0.25) is 9.78 Å². The Morgan fingerprint density at radius 1 is 1.15 bits per heavy atom. The number of benzene rings is 1. The van der Waals surface area contributed by atoms with Crippen LogP contribution in [0.4, 0.5) is 11.4 Å². The molecule has 3 aromatic rings. The zero-order valence-corrected chi connectivity index (χ0v) is 15.1. The van der Waals surface area contributed by atoms with Crippen molar-refractivity contribution in [1.82, 2.24) is 9.97 Å². The fourth-order valence-electron chi connectivity index (χ4n) is 2.48. The number of pyridine rings is 2. The highest BCUT2D eigenvalue weighted by molar-refractivity contribution is 6.30. The molecule has 0 saturated heterocycles. The van der Waals surface area contributed by atoms with Gasteiger partial charge < -0.3 is 10.2 Å². The normalized spacial score (nSPS) is 10.4. The van der Waals surface area contributed by atoms with E-state index < -0.39 is 0 Å². The van der Waals surface area contributed by atoms with Crippen molar-refractivity contribution in [2.45, 2.75) is 6.42 Å². The number of carbonyl (C=O) groups is 1. The second-order valence-corrected chi connectivity index (χ2v) is 6.33. The van der Waals surface area contributed by atoms with E-state index in [0.29, 0.717) is 16.4 Å². The molecular weight excluding hydrogens is 348 g/mol. The molecule has 0 aliphatic rings. The van der Waals surface area contributed by atoms with E-state index in [1.165, 1.54) is 5.56 Å². The first-order valence-electron chi connectivity index (χ1n) is 8.25. The van der Waals surface area contributed by atoms with E-state index in [4.69, 9.17) is 11.6 Å². The van der Waals surface area contributed by atoms with Gasteiger partial charge in [0.1, 0.15) is 5.69 Å². The molecule has 2 aromatic heterocycles. The Hall–Kier alpha value is -2.92. The maximum atomic E-state index is 12.3. The van der Waals surface area contributed by atoms with Crippen LogP contribution >= 0.6 is 11.6 Å². The quantitative estimate of drug-likeness (QED) is 0.714. The van der Waals surface area contributed by atoms with E-state index in [-0.39, 0.29) is 5.91 Å². The number of likely N-dealkylation sites (N-methyl/N-ethyl adjacent to an activating group) is 1. The standard InChI is InChI=1S/C20H19ClN4O/c1-25(12-9-15-7-10-22-11-8-15)18-5-6-19(23-14-18)20(26)24-17-4-2-3-16(21)13-17/h2-8,10-11,13-14H,9,12H2,1H3,(H,24,26). The van der Waals surface area contributed by atoms with Gasteiger partial charge in [0.25, 0.3) is 5.91 Å². The van der Waals surface area contributed by atoms with Crippen LogP contribution in [0.3, 0.4) is 0 Å². The summed E-state index contributed by atoms with van der Waals surface area (Å²) in [6.07, 6.45) is 6.21. The first-order chi connectivity index (χ1) is 12.6. The van der Waals surface area contributed by atoms with Gasteiger partial charge in [-0.2, -0.15) is 0 Å². The summed E-state index contributed by atoms with van der Waals surface area (Å²) in [6.45, 7) is 0.847. The van der Waals surface area contributed by atoms with E-state index in [1.54, 1.807) is 48.9 Å². The molecule has 1 amide bonds. The van der Waals surface area contributed by atoms with Crippen molar-refractivity contribution in [1.29, 1.82) is 0 Å². The predicted molar refractivity (Wildman–Crippen MR) is 105 cm³/mol. The molecule has 0 radical (unpaired) electrons. The van der Waals surface area contributed by atoms with Crippen LogP contribution in [0.5, 0.6) is 0 Å². The Bertz CT molecular complexity index is 868. The molecule has 0 atom stereocenters. The SMILES string of the molecule is CN(CCc1ccncc1)c1ccc(C(=O)Nc2cccc(Cl)c2)nc1. The Kier molecular flexibility index (Phi) is 5.81. The number of rotatable bonds is 6. The zero-order chi connectivity index (χ0) is 18.4. The Labute approximate surface area is 157 Å². The van der Waals surface area contributed by atoms with Gasteiger partial charge in [-0.25, -0.2) is 4.98 Å². The molecule has 0 aliphatic carbocycles. The Balaban J connectivity index is 1.59. The molecule has 132 valence electrons. The lowest BCUT2D eigenvalue weighted by atomic mass is 10.2. The molecule has 26 heavy (non-hydrogen) atoms. The second kappa shape index (κ2) is 8.45. The van der Waals surface area contributed by atoms with Gasteiger partial charge in [0, 0.05) is 36.7 Å². The van der Waals surface area contributed by atoms with Gasteiger partial charge in [-0.1, -0.05) is 17.7 Å². The van der Waals surface area contributed by atoms with Gasteiger partial charge in [-0.05, 0) is 54.4 Å². The van der Waals surface area contributed by atoms with Crippen LogP contribution in [0.1, 0.15) is 16.1 Å². The number of hydrogen-bond donors (Lipinski definition) is 1. The number of halogens is 1. The fraction of sp³-hybridized carbons (Fsp3) is 0.150. The lowest BCUT2D eigenvalue weighted by molar-refractivity contribution is 0.102. The summed E-state index contributed by atoms with van der Waals surface area (Å²) in [4.78, 5) is 22.7. The number of hydrogen-bond acceptors (Lipinski definition) is 4. The average molecular weight is 367 g/mol. The first-order valence-corrected chi connectivity index (χ1v) is 8.62. The summed E-state index contributed by atoms with van der Waals surface area (Å²) in [7, 11) is 2.00. The van der Waals surface area contributed by atoms with Crippen molar-refractivity contribution < 1.29 is 4.79 Å². The zero-order valence-electron chi connectivity index (χ0n) is 14.4. The summed E-state index contributed by atoms with van der Waals surface area (Å²) in [5, 5.41) is 3.36. The highest BCUT2D eigenvalue weighted by atomic mass is 35.5. The molecule has 2 heterocycles. The minimum absolute atomic E-state index is 0.266. The summed E-state index contributed by atoms with van der Waals surface area (Å²) >= 11 is 5.93. The van der Waals surface area contributed by atoms with Crippen LogP contribution < -0.4 is 10.2 Å². The molecule has 1 aromatic carbocycles. The predicted octanol–water partition coefficient (Wildman–Crippen LogP) is 4.06. The molecule has 0 aliphatic heterocycles. The molecule has 3 rings (SSSR count). The van der Waals surface area contributed by atoms with E-state index in [9.17, 15) is 4.79 Å². The van der Waals surface area contributed by atoms with Crippen molar-refractivity contribution in [3.63, 3.8) is 0 Å². The molecular formula is C20H19ClN4O. The number of carbonyl (C=O) groups excluding carboxylic acids is 1. The highest BCUT2D eigenvalue weighted by Crippen LogP contribution is 2.17. The Morgan fingerprint density at radius 3 is 2.65 bits per heavy atom. The molecule has 0 spiro atoms. The van der Waals surface area contributed by atoms with Gasteiger partial charge >= 0.3 is 0 Å². The van der Waals surface area contributed by atoms with E-state index in [1.807, 2.05) is 25.2 Å². The molecule has 0 saturated carbocycles. The largest absolute Gasteiger partial charge is 0.373 e. The summed E-state index contributed by atoms with van der Waals surface area (Å²) < 4.78 is 0. The third-order valence-electron chi connectivity index (χ3n) is 3.99. The maximum absolute atomic E-state index is 12.3. The highest BCUT2D eigenvalue weighted by Gasteiger charge is 2.09. The van der Waals surface area contributed by atoms with Crippen molar-refractivity contribution >= 4 is 28.9 Å².